The minimum atomic E-state index is -1.61. The molecule has 3 aromatic carbocycles. The topological polar surface area (TPSA) is 345 Å². The predicted molar refractivity (Wildman–Crippen MR) is 350 cm³/mol. The number of hydrogen-bond donors (Lipinski definition) is 7. The highest BCUT2D eigenvalue weighted by Crippen LogP contribution is 2.42. The summed E-state index contributed by atoms with van der Waals surface area (Å²) in [6.07, 6.45) is 7.84. The number of aromatic nitrogens is 11. The molecule has 28 heteroatoms. The van der Waals surface area contributed by atoms with Crippen LogP contribution in [0.4, 0.5) is 5.82 Å². The van der Waals surface area contributed by atoms with Crippen molar-refractivity contribution in [2.75, 3.05) is 38.3 Å². The largest absolute Gasteiger partial charge is 0.497 e. The van der Waals surface area contributed by atoms with E-state index in [0.29, 0.717) is 106 Å². The van der Waals surface area contributed by atoms with E-state index >= 15 is 0 Å². The SMILES string of the molecule is CCc1[nH]c2nc(Sc3cnc4cccnc4c3)nc(N3CCC(NCCc4[nH]c5nc(Oc6cccc(C#N)c6)nc(/C=C/c6cc(OC)cc(C(C)c7[nH]c8nc(Oc9cccc(C#N)c9)nc(C(C)=O)c8c7Cl)c6)c5c4Cl)(C(=O)N[C@H](CO)C(=O)O)C3)c2c1Cl. The van der Waals surface area contributed by atoms with Gasteiger partial charge in [0.1, 0.15) is 57.3 Å². The zero-order chi connectivity index (χ0) is 65.2. The van der Waals surface area contributed by atoms with Gasteiger partial charge in [0.05, 0.1) is 84.9 Å². The molecule has 3 atom stereocenters. The highest BCUT2D eigenvalue weighted by Gasteiger charge is 2.47. The Morgan fingerprint density at radius 3 is 2.18 bits per heavy atom. The van der Waals surface area contributed by atoms with Gasteiger partial charge in [0.2, 0.25) is 5.91 Å². The van der Waals surface area contributed by atoms with E-state index in [-0.39, 0.29) is 71.7 Å². The standard InChI is InChI=1S/C65H53Cl3N16O8S/c1-5-42-51(66)50-58(74-42)82-64(93-41-26-46-43(72-29-41)13-8-18-71-46)83-59(50)84-20-17-65(31-84,61(89)76-47(30-85)60(87)88)73-19-16-45-52(67)48-44(77-62(80-56(48)75-45)91-38-11-6-9-35(23-38)27-69)15-14-34-21-37(25-40(22-34)90-4)32(2)54-53(68)49-55(33(3)86)79-63(81-57(49)78-54)92-39-12-7-10-36(24-39)28-70/h6-15,18,21-26,29,32,47,73,85H,5,16-17,19-20,30-31H2,1-4H3,(H,76,89)(H,87,88)(H,74,82,83)(H,75,77,80)(H,78,79,81)/b15-14+/t32?,47-,65?/m1/s1. The lowest BCUT2D eigenvalue weighted by atomic mass is 9.95. The molecule has 0 aliphatic carbocycles. The van der Waals surface area contributed by atoms with Crippen LogP contribution in [-0.4, -0.2) is 128 Å². The Balaban J connectivity index is 0.859. The monoisotopic (exact) mass is 1320 g/mol. The van der Waals surface area contributed by atoms with Crippen LogP contribution in [-0.2, 0) is 22.4 Å². The van der Waals surface area contributed by atoms with Gasteiger partial charge in [-0.25, -0.2) is 14.8 Å². The second kappa shape index (κ2) is 26.5. The molecule has 1 aliphatic heterocycles. The Labute approximate surface area is 548 Å². The van der Waals surface area contributed by atoms with Crippen LogP contribution < -0.4 is 29.7 Å². The number of nitrogens with one attached hydrogen (secondary N) is 5. The van der Waals surface area contributed by atoms with Crippen molar-refractivity contribution in [2.45, 2.75) is 67.6 Å². The first-order valence-electron chi connectivity index (χ1n) is 29.0. The van der Waals surface area contributed by atoms with Crippen LogP contribution in [0.15, 0.2) is 107 Å². The number of nitriles is 2. The number of carbonyl (C=O) groups excluding carboxylic acids is 2. The van der Waals surface area contributed by atoms with Crippen molar-refractivity contribution in [2.24, 2.45) is 0 Å². The number of benzene rings is 3. The molecule has 1 aliphatic rings. The number of carboxylic acid groups (broad SMARTS) is 1. The summed E-state index contributed by atoms with van der Waals surface area (Å²) in [5, 5.41) is 47.8. The maximum Gasteiger partial charge on any atom is 0.328 e. The van der Waals surface area contributed by atoms with Crippen molar-refractivity contribution in [3.63, 3.8) is 0 Å². The van der Waals surface area contributed by atoms with Gasteiger partial charge in [0.25, 0.3) is 0 Å². The lowest BCUT2D eigenvalue weighted by Crippen LogP contribution is -2.62. The number of aliphatic hydroxyl groups excluding tert-OH is 1. The number of rotatable bonds is 22. The molecule has 468 valence electrons. The molecule has 1 fully saturated rings. The number of pyridine rings is 2. The van der Waals surface area contributed by atoms with Gasteiger partial charge in [-0.05, 0) is 109 Å². The van der Waals surface area contributed by atoms with E-state index in [2.05, 4.69) is 57.7 Å². The van der Waals surface area contributed by atoms with Crippen molar-refractivity contribution < 1.29 is 38.8 Å². The lowest BCUT2D eigenvalue weighted by Gasteiger charge is -2.31. The summed E-state index contributed by atoms with van der Waals surface area (Å²) in [7, 11) is 1.54. The highest BCUT2D eigenvalue weighted by atomic mass is 35.5. The van der Waals surface area contributed by atoms with Crippen LogP contribution in [0.5, 0.6) is 29.3 Å². The lowest BCUT2D eigenvalue weighted by molar-refractivity contribution is -0.144. The minimum Gasteiger partial charge on any atom is -0.497 e. The first-order chi connectivity index (χ1) is 44.9. The van der Waals surface area contributed by atoms with E-state index in [9.17, 15) is 35.1 Å². The number of hydrogen-bond acceptors (Lipinski definition) is 20. The first kappa shape index (κ1) is 62.9. The van der Waals surface area contributed by atoms with Gasteiger partial charge >= 0.3 is 18.0 Å². The summed E-state index contributed by atoms with van der Waals surface area (Å²) >= 11 is 22.8. The number of halogens is 3. The molecule has 2 unspecified atom stereocenters. The maximum absolute atomic E-state index is 14.7. The maximum atomic E-state index is 14.7. The third-order valence-corrected chi connectivity index (χ3v) is 17.8. The zero-order valence-corrected chi connectivity index (χ0v) is 52.9. The van der Waals surface area contributed by atoms with Gasteiger partial charge in [0.15, 0.2) is 10.9 Å². The number of methoxy groups -OCH3 is 1. The molecule has 24 nitrogen and oxygen atoms in total. The fraction of sp³-hybridized carbons (Fsp3) is 0.215. The summed E-state index contributed by atoms with van der Waals surface area (Å²) in [5.74, 6) is -1.38. The quantitative estimate of drug-likeness (QED) is 0.0245. The molecular weight excluding hydrogens is 1270 g/mol. The fourth-order valence-corrected chi connectivity index (χ4v) is 12.8. The molecular formula is C65H53Cl3N16O8S. The average Bonchev–Trinajstić information content (AvgIpc) is 1.64. The van der Waals surface area contributed by atoms with Crippen LogP contribution in [0, 0.1) is 22.7 Å². The number of ether oxygens (including phenoxy) is 3. The van der Waals surface area contributed by atoms with Gasteiger partial charge in [-0.1, -0.05) is 72.9 Å². The van der Waals surface area contributed by atoms with Crippen LogP contribution in [0.3, 0.4) is 0 Å². The van der Waals surface area contributed by atoms with E-state index in [1.165, 1.54) is 24.8 Å². The third kappa shape index (κ3) is 12.9. The molecule has 9 heterocycles. The van der Waals surface area contributed by atoms with Crippen LogP contribution in [0.25, 0.3) is 56.3 Å². The number of anilines is 1. The Morgan fingerprint density at radius 1 is 0.796 bits per heavy atom. The summed E-state index contributed by atoms with van der Waals surface area (Å²) in [6, 6.07) is 26.5. The molecule has 0 saturated carbocycles. The molecule has 11 aromatic rings. The van der Waals surface area contributed by atoms with Crippen LogP contribution in [0.2, 0.25) is 15.1 Å². The van der Waals surface area contributed by atoms with Crippen molar-refractivity contribution in [1.82, 2.24) is 65.5 Å². The Morgan fingerprint density at radius 2 is 1.49 bits per heavy atom. The molecule has 7 N–H and O–H groups in total. The summed E-state index contributed by atoms with van der Waals surface area (Å²) in [6.45, 7) is 4.74. The van der Waals surface area contributed by atoms with Crippen LogP contribution >= 0.6 is 46.6 Å². The van der Waals surface area contributed by atoms with Crippen molar-refractivity contribution in [3.8, 4) is 41.4 Å². The fourth-order valence-electron chi connectivity index (χ4n) is 11.0. The number of aliphatic hydroxyl groups is 1. The molecule has 0 spiro atoms. The third-order valence-electron chi connectivity index (χ3n) is 15.7. The van der Waals surface area contributed by atoms with Gasteiger partial charge in [0, 0.05) is 73.3 Å². The second-order valence-electron chi connectivity index (χ2n) is 21.7. The van der Waals surface area contributed by atoms with E-state index in [4.69, 9.17) is 68.9 Å². The minimum absolute atomic E-state index is 0.0153. The number of ketones is 1. The number of nitrogens with zero attached hydrogens (tertiary/aromatic N) is 11. The highest BCUT2D eigenvalue weighted by molar-refractivity contribution is 7.99. The Kier molecular flexibility index (Phi) is 17.9. The summed E-state index contributed by atoms with van der Waals surface area (Å²) < 4.78 is 17.9. The second-order valence-corrected chi connectivity index (χ2v) is 23.9. The summed E-state index contributed by atoms with van der Waals surface area (Å²) in [4.78, 5) is 90.2. The molecule has 12 rings (SSSR count). The van der Waals surface area contributed by atoms with Gasteiger partial charge < -0.3 is 54.9 Å². The molecule has 93 heavy (non-hydrogen) atoms. The van der Waals surface area contributed by atoms with Gasteiger partial charge in [-0.2, -0.15) is 30.5 Å². The van der Waals surface area contributed by atoms with Crippen molar-refractivity contribution in [1.29, 1.82) is 10.5 Å². The smallest absolute Gasteiger partial charge is 0.328 e. The normalized spacial score (nSPS) is 14.6. The molecule has 0 radical (unpaired) electrons. The Bertz CT molecular complexity index is 4930. The number of aromatic amines is 3. The number of fused-ring (bicyclic) bond motifs is 4. The van der Waals surface area contributed by atoms with E-state index in [1.54, 1.807) is 68.0 Å². The summed E-state index contributed by atoms with van der Waals surface area (Å²) in [5.41, 5.74) is 5.24. The van der Waals surface area contributed by atoms with Crippen molar-refractivity contribution in [3.05, 3.63) is 163 Å². The molecule has 1 saturated heterocycles. The number of Topliss-reactive ketones (excluding diaryl/α,β-unsaturated/α-hetero) is 1. The van der Waals surface area contributed by atoms with E-state index < -0.39 is 36.0 Å². The molecule has 0 bridgehead atoms. The molecule has 1 amide bonds. The number of carbonyl (C=O) groups is 3. The number of amides is 1. The van der Waals surface area contributed by atoms with E-state index in [1.807, 2.05) is 61.2 Å². The average molecular weight is 1320 g/mol. The number of carboxylic acids is 1. The zero-order valence-electron chi connectivity index (χ0n) is 49.8. The van der Waals surface area contributed by atoms with E-state index in [0.717, 1.165) is 21.7 Å². The Hall–Kier alpha value is -10.3. The van der Waals surface area contributed by atoms with Crippen LogP contribution in [0.1, 0.15) is 88.6 Å². The number of aliphatic carboxylic acids is 1. The van der Waals surface area contributed by atoms with Gasteiger partial charge in [-0.15, -0.1) is 0 Å². The predicted octanol–water partition coefficient (Wildman–Crippen LogP) is 11.3. The number of aryl methyl sites for hydroxylation is 1. The van der Waals surface area contributed by atoms with Gasteiger partial charge in [-0.3, -0.25) is 19.6 Å². The first-order valence-corrected chi connectivity index (χ1v) is 30.9. The van der Waals surface area contributed by atoms with Crippen molar-refractivity contribution >= 4 is 126 Å². The number of H-pyrrole nitrogens is 3. The molecule has 8 aromatic heterocycles.